The molecule has 1 N–H and O–H groups in total. The van der Waals surface area contributed by atoms with E-state index in [1.807, 2.05) is 13.0 Å². The fourth-order valence-corrected chi connectivity index (χ4v) is 2.24. The Morgan fingerprint density at radius 1 is 1.56 bits per heavy atom. The second kappa shape index (κ2) is 4.26. The third-order valence-electron chi connectivity index (χ3n) is 2.81. The normalized spacial score (nSPS) is 15.5. The van der Waals surface area contributed by atoms with Gasteiger partial charge in [0.1, 0.15) is 6.29 Å². The van der Waals surface area contributed by atoms with E-state index in [1.165, 1.54) is 0 Å². The van der Waals surface area contributed by atoms with Gasteiger partial charge in [0.25, 0.3) is 0 Å². The number of halogens is 1. The van der Waals surface area contributed by atoms with Crippen molar-refractivity contribution in [3.8, 4) is 0 Å². The molecule has 0 aromatic heterocycles. The fourth-order valence-electron chi connectivity index (χ4n) is 1.99. The first-order chi connectivity index (χ1) is 7.61. The van der Waals surface area contributed by atoms with E-state index in [9.17, 15) is 9.59 Å². The summed E-state index contributed by atoms with van der Waals surface area (Å²) in [5.74, 6) is 0.0557. The minimum atomic E-state index is -0.0168. The molecular formula is C12H12ClNO2. The highest BCUT2D eigenvalue weighted by Crippen LogP contribution is 2.35. The lowest BCUT2D eigenvalue weighted by Crippen LogP contribution is -2.06. The van der Waals surface area contributed by atoms with Gasteiger partial charge in [-0.05, 0) is 29.2 Å². The van der Waals surface area contributed by atoms with E-state index in [1.54, 1.807) is 6.07 Å². The molecule has 0 spiro atoms. The summed E-state index contributed by atoms with van der Waals surface area (Å²) in [6, 6.07) is 3.62. The molecule has 0 saturated heterocycles. The van der Waals surface area contributed by atoms with Gasteiger partial charge < -0.3 is 10.1 Å². The highest BCUT2D eigenvalue weighted by Gasteiger charge is 2.23. The van der Waals surface area contributed by atoms with Gasteiger partial charge in [-0.25, -0.2) is 0 Å². The lowest BCUT2D eigenvalue weighted by molar-refractivity contribution is -0.115. The Morgan fingerprint density at radius 3 is 3.00 bits per heavy atom. The second-order valence-electron chi connectivity index (χ2n) is 4.06. The van der Waals surface area contributed by atoms with Gasteiger partial charge in [-0.3, -0.25) is 4.79 Å². The molecular weight excluding hydrogens is 226 g/mol. The van der Waals surface area contributed by atoms with E-state index < -0.39 is 0 Å². The SMILES string of the molecule is CC(CC=O)c1cc(Cl)cc2c1NC(=O)C2. The summed E-state index contributed by atoms with van der Waals surface area (Å²) in [4.78, 5) is 21.8. The molecule has 3 nitrogen and oxygen atoms in total. The van der Waals surface area contributed by atoms with Crippen molar-refractivity contribution in [3.63, 3.8) is 0 Å². The van der Waals surface area contributed by atoms with Crippen LogP contribution in [0.4, 0.5) is 5.69 Å². The van der Waals surface area contributed by atoms with E-state index in [-0.39, 0.29) is 11.8 Å². The van der Waals surface area contributed by atoms with Crippen LogP contribution in [0.2, 0.25) is 5.02 Å². The molecule has 1 aliphatic rings. The second-order valence-corrected chi connectivity index (χ2v) is 4.49. The summed E-state index contributed by atoms with van der Waals surface area (Å²) >= 11 is 5.99. The van der Waals surface area contributed by atoms with Crippen molar-refractivity contribution < 1.29 is 9.59 Å². The van der Waals surface area contributed by atoms with Crippen molar-refractivity contribution in [3.05, 3.63) is 28.3 Å². The topological polar surface area (TPSA) is 46.2 Å². The molecule has 1 amide bonds. The molecule has 1 heterocycles. The number of carbonyl (C=O) groups excluding carboxylic acids is 2. The molecule has 0 aliphatic carbocycles. The van der Waals surface area contributed by atoms with Crippen molar-refractivity contribution in [2.75, 3.05) is 5.32 Å². The third-order valence-corrected chi connectivity index (χ3v) is 3.03. The van der Waals surface area contributed by atoms with E-state index >= 15 is 0 Å². The standard InChI is InChI=1S/C12H12ClNO2/c1-7(2-3-15)10-6-9(13)4-8-5-11(16)14-12(8)10/h3-4,6-7H,2,5H2,1H3,(H,14,16). The Morgan fingerprint density at radius 2 is 2.31 bits per heavy atom. The Balaban J connectivity index is 2.45. The molecule has 1 aromatic rings. The number of fused-ring (bicyclic) bond motifs is 1. The summed E-state index contributed by atoms with van der Waals surface area (Å²) < 4.78 is 0. The van der Waals surface area contributed by atoms with E-state index in [2.05, 4.69) is 5.32 Å². The first kappa shape index (κ1) is 11.1. The van der Waals surface area contributed by atoms with Gasteiger partial charge in [0.2, 0.25) is 5.91 Å². The first-order valence-electron chi connectivity index (χ1n) is 5.17. The molecule has 0 radical (unpaired) electrons. The van der Waals surface area contributed by atoms with Crippen molar-refractivity contribution in [1.29, 1.82) is 0 Å². The summed E-state index contributed by atoms with van der Waals surface area (Å²) in [6.07, 6.45) is 1.69. The van der Waals surface area contributed by atoms with Crippen LogP contribution in [0.15, 0.2) is 12.1 Å². The maximum atomic E-state index is 11.3. The average Bonchev–Trinajstić information content (AvgIpc) is 2.57. The summed E-state index contributed by atoms with van der Waals surface area (Å²) in [6.45, 7) is 1.95. The summed E-state index contributed by atoms with van der Waals surface area (Å²) in [5.41, 5.74) is 2.70. The van der Waals surface area contributed by atoms with Gasteiger partial charge in [0.15, 0.2) is 0 Å². The Hall–Kier alpha value is -1.35. The number of hydrogen-bond acceptors (Lipinski definition) is 2. The predicted molar refractivity (Wildman–Crippen MR) is 62.9 cm³/mol. The van der Waals surface area contributed by atoms with Crippen LogP contribution in [0, 0.1) is 0 Å². The Bertz CT molecular complexity index is 457. The van der Waals surface area contributed by atoms with Crippen molar-refractivity contribution in [2.24, 2.45) is 0 Å². The summed E-state index contributed by atoms with van der Waals surface area (Å²) in [7, 11) is 0. The van der Waals surface area contributed by atoms with E-state index in [0.29, 0.717) is 17.9 Å². The van der Waals surface area contributed by atoms with Crippen LogP contribution in [-0.2, 0) is 16.0 Å². The maximum Gasteiger partial charge on any atom is 0.228 e. The van der Waals surface area contributed by atoms with E-state index in [0.717, 1.165) is 23.1 Å². The maximum absolute atomic E-state index is 11.3. The van der Waals surface area contributed by atoms with Crippen LogP contribution in [0.25, 0.3) is 0 Å². The number of amides is 1. The third kappa shape index (κ3) is 1.95. The number of aldehydes is 1. The zero-order chi connectivity index (χ0) is 11.7. The van der Waals surface area contributed by atoms with E-state index in [4.69, 9.17) is 11.6 Å². The zero-order valence-electron chi connectivity index (χ0n) is 8.92. The van der Waals surface area contributed by atoms with Crippen LogP contribution in [0.5, 0.6) is 0 Å². The number of anilines is 1. The monoisotopic (exact) mass is 237 g/mol. The number of nitrogens with one attached hydrogen (secondary N) is 1. The van der Waals surface area contributed by atoms with Gasteiger partial charge in [0.05, 0.1) is 6.42 Å². The van der Waals surface area contributed by atoms with Crippen LogP contribution in [0.1, 0.15) is 30.4 Å². The molecule has 0 bridgehead atoms. The predicted octanol–water partition coefficient (Wildman–Crippen LogP) is 2.53. The number of carbonyl (C=O) groups is 2. The molecule has 1 unspecified atom stereocenters. The minimum Gasteiger partial charge on any atom is -0.325 e. The van der Waals surface area contributed by atoms with Gasteiger partial charge in [-0.1, -0.05) is 18.5 Å². The van der Waals surface area contributed by atoms with Crippen LogP contribution < -0.4 is 5.32 Å². The average molecular weight is 238 g/mol. The van der Waals surface area contributed by atoms with Crippen LogP contribution in [0.3, 0.4) is 0 Å². The highest BCUT2D eigenvalue weighted by molar-refractivity contribution is 6.31. The number of rotatable bonds is 3. The molecule has 1 atom stereocenters. The molecule has 2 rings (SSSR count). The number of benzene rings is 1. The van der Waals surface area contributed by atoms with Gasteiger partial charge in [0, 0.05) is 17.1 Å². The van der Waals surface area contributed by atoms with Crippen molar-refractivity contribution in [2.45, 2.75) is 25.7 Å². The quantitative estimate of drug-likeness (QED) is 0.822. The molecule has 1 aliphatic heterocycles. The molecule has 4 heteroatoms. The highest BCUT2D eigenvalue weighted by atomic mass is 35.5. The minimum absolute atomic E-state index is 0.0168. The van der Waals surface area contributed by atoms with Crippen molar-refractivity contribution >= 4 is 29.5 Å². The molecule has 0 saturated carbocycles. The fraction of sp³-hybridized carbons (Fsp3) is 0.333. The smallest absolute Gasteiger partial charge is 0.228 e. The lowest BCUT2D eigenvalue weighted by atomic mass is 9.94. The van der Waals surface area contributed by atoms with Gasteiger partial charge in [-0.2, -0.15) is 0 Å². The van der Waals surface area contributed by atoms with Gasteiger partial charge in [-0.15, -0.1) is 0 Å². The van der Waals surface area contributed by atoms with Crippen LogP contribution in [-0.4, -0.2) is 12.2 Å². The zero-order valence-corrected chi connectivity index (χ0v) is 9.67. The van der Waals surface area contributed by atoms with Crippen LogP contribution >= 0.6 is 11.6 Å². The van der Waals surface area contributed by atoms with Gasteiger partial charge >= 0.3 is 0 Å². The molecule has 0 fully saturated rings. The summed E-state index contributed by atoms with van der Waals surface area (Å²) in [5, 5.41) is 3.43. The largest absolute Gasteiger partial charge is 0.325 e. The van der Waals surface area contributed by atoms with Crippen molar-refractivity contribution in [1.82, 2.24) is 0 Å². The Labute approximate surface area is 98.8 Å². The lowest BCUT2D eigenvalue weighted by Gasteiger charge is -2.14. The first-order valence-corrected chi connectivity index (χ1v) is 5.55. The number of hydrogen-bond donors (Lipinski definition) is 1. The molecule has 16 heavy (non-hydrogen) atoms. The Kier molecular flexibility index (Phi) is 2.97. The molecule has 1 aromatic carbocycles. The molecule has 84 valence electrons.